The average Bonchev–Trinajstić information content (AvgIpc) is 2.95. The number of aryl methyl sites for hydroxylation is 1. The lowest BCUT2D eigenvalue weighted by Gasteiger charge is -2.07. The molecule has 3 rings (SSSR count). The predicted molar refractivity (Wildman–Crippen MR) is 94.3 cm³/mol. The van der Waals surface area contributed by atoms with Crippen molar-refractivity contribution in [2.75, 3.05) is 5.32 Å². The number of rotatable bonds is 5. The van der Waals surface area contributed by atoms with E-state index < -0.39 is 0 Å². The molecule has 0 aliphatic rings. The number of carbonyl (C=O) groups is 1. The van der Waals surface area contributed by atoms with Crippen molar-refractivity contribution in [3.8, 4) is 11.5 Å². The van der Waals surface area contributed by atoms with Gasteiger partial charge < -0.3 is 10.1 Å². The fraction of sp³-hybridized carbons (Fsp3) is 0.105. The van der Waals surface area contributed by atoms with Crippen LogP contribution >= 0.6 is 11.3 Å². The highest BCUT2D eigenvalue weighted by atomic mass is 32.1. The Bertz CT molecular complexity index is 779. The van der Waals surface area contributed by atoms with Crippen molar-refractivity contribution in [3.05, 3.63) is 77.2 Å². The zero-order valence-corrected chi connectivity index (χ0v) is 13.6. The molecule has 4 heteroatoms. The molecule has 2 aromatic carbocycles. The maximum absolute atomic E-state index is 12.0. The van der Waals surface area contributed by atoms with Crippen LogP contribution in [0.2, 0.25) is 0 Å². The van der Waals surface area contributed by atoms with Crippen LogP contribution in [0.1, 0.15) is 11.1 Å². The van der Waals surface area contributed by atoms with Crippen LogP contribution < -0.4 is 10.1 Å². The summed E-state index contributed by atoms with van der Waals surface area (Å²) in [5, 5.41) is 5.82. The molecule has 0 saturated heterocycles. The summed E-state index contributed by atoms with van der Waals surface area (Å²) in [6.07, 6.45) is 0.350. The number of benzene rings is 2. The van der Waals surface area contributed by atoms with Crippen molar-refractivity contribution in [2.24, 2.45) is 0 Å². The first-order valence-corrected chi connectivity index (χ1v) is 8.24. The van der Waals surface area contributed by atoms with E-state index in [1.807, 2.05) is 73.0 Å². The third-order valence-electron chi connectivity index (χ3n) is 3.26. The molecular formula is C19H17NO2S. The molecule has 116 valence electrons. The Morgan fingerprint density at radius 2 is 1.74 bits per heavy atom. The Morgan fingerprint density at radius 1 is 1.04 bits per heavy atom. The Morgan fingerprint density at radius 3 is 2.39 bits per heavy atom. The van der Waals surface area contributed by atoms with Crippen LogP contribution in [0.5, 0.6) is 11.5 Å². The Hall–Kier alpha value is -2.59. The van der Waals surface area contributed by atoms with Crippen molar-refractivity contribution < 1.29 is 9.53 Å². The molecule has 0 atom stereocenters. The van der Waals surface area contributed by atoms with E-state index in [4.69, 9.17) is 4.74 Å². The van der Waals surface area contributed by atoms with Crippen LogP contribution in [0.15, 0.2) is 66.0 Å². The molecule has 1 amide bonds. The van der Waals surface area contributed by atoms with E-state index in [9.17, 15) is 4.79 Å². The fourth-order valence-corrected chi connectivity index (χ4v) is 2.97. The van der Waals surface area contributed by atoms with Gasteiger partial charge in [0, 0.05) is 0 Å². The quantitative estimate of drug-likeness (QED) is 0.715. The van der Waals surface area contributed by atoms with Crippen molar-refractivity contribution >= 4 is 22.2 Å². The molecule has 0 aliphatic heterocycles. The highest BCUT2D eigenvalue weighted by Gasteiger charge is 2.06. The molecule has 0 radical (unpaired) electrons. The molecule has 0 saturated carbocycles. The van der Waals surface area contributed by atoms with Gasteiger partial charge in [-0.25, -0.2) is 0 Å². The van der Waals surface area contributed by atoms with Gasteiger partial charge in [-0.05, 0) is 53.8 Å². The lowest BCUT2D eigenvalue weighted by atomic mass is 10.1. The van der Waals surface area contributed by atoms with Crippen LogP contribution in [0.25, 0.3) is 0 Å². The molecule has 3 nitrogen and oxygen atoms in total. The van der Waals surface area contributed by atoms with Gasteiger partial charge in [0.2, 0.25) is 5.91 Å². The van der Waals surface area contributed by atoms with Crippen molar-refractivity contribution in [2.45, 2.75) is 13.3 Å². The summed E-state index contributed by atoms with van der Waals surface area (Å²) in [4.78, 5) is 12.0. The van der Waals surface area contributed by atoms with Gasteiger partial charge in [-0.2, -0.15) is 0 Å². The number of nitrogens with one attached hydrogen (secondary N) is 1. The fourth-order valence-electron chi connectivity index (χ4n) is 2.16. The summed E-state index contributed by atoms with van der Waals surface area (Å²) in [5.74, 6) is 1.55. The van der Waals surface area contributed by atoms with Gasteiger partial charge in [0.15, 0.2) is 0 Å². The highest BCUT2D eigenvalue weighted by Crippen LogP contribution is 2.22. The molecule has 0 aliphatic carbocycles. The molecule has 0 bridgehead atoms. The second-order valence-corrected chi connectivity index (χ2v) is 6.18. The summed E-state index contributed by atoms with van der Waals surface area (Å²) in [7, 11) is 0. The van der Waals surface area contributed by atoms with Gasteiger partial charge in [-0.15, -0.1) is 11.3 Å². The second-order valence-electron chi connectivity index (χ2n) is 5.27. The van der Waals surface area contributed by atoms with E-state index in [2.05, 4.69) is 5.32 Å². The highest BCUT2D eigenvalue weighted by molar-refractivity contribution is 7.14. The molecule has 0 spiro atoms. The number of anilines is 1. The van der Waals surface area contributed by atoms with Gasteiger partial charge in [-0.3, -0.25) is 4.79 Å². The monoisotopic (exact) mass is 323 g/mol. The largest absolute Gasteiger partial charge is 0.457 e. The summed E-state index contributed by atoms with van der Waals surface area (Å²) in [6, 6.07) is 19.2. The van der Waals surface area contributed by atoms with Gasteiger partial charge in [0.05, 0.1) is 11.4 Å². The number of thiophene rings is 1. The van der Waals surface area contributed by atoms with E-state index in [-0.39, 0.29) is 5.91 Å². The lowest BCUT2D eigenvalue weighted by molar-refractivity contribution is -0.115. The minimum Gasteiger partial charge on any atom is -0.457 e. The number of hydrogen-bond donors (Lipinski definition) is 1. The molecule has 3 aromatic rings. The number of carbonyl (C=O) groups excluding carboxylic acids is 1. The van der Waals surface area contributed by atoms with Crippen LogP contribution in [0.3, 0.4) is 0 Å². The molecule has 0 fully saturated rings. The number of amides is 1. The van der Waals surface area contributed by atoms with E-state index in [0.29, 0.717) is 6.42 Å². The summed E-state index contributed by atoms with van der Waals surface area (Å²) in [5.41, 5.74) is 2.11. The first-order chi connectivity index (χ1) is 11.2. The van der Waals surface area contributed by atoms with Crippen LogP contribution in [-0.2, 0) is 11.2 Å². The van der Waals surface area contributed by atoms with Crippen molar-refractivity contribution in [1.82, 2.24) is 0 Å². The van der Waals surface area contributed by atoms with Crippen LogP contribution in [0.4, 0.5) is 5.00 Å². The standard InChI is InChI=1S/C19H17NO2S/c1-14-11-19(23-13-14)20-18(21)12-15-7-9-17(10-8-15)22-16-5-3-2-4-6-16/h2-11,13H,12H2,1H3,(H,20,21). The topological polar surface area (TPSA) is 38.3 Å². The molecule has 1 N–H and O–H groups in total. The normalized spacial score (nSPS) is 10.3. The zero-order valence-electron chi connectivity index (χ0n) is 12.8. The molecule has 1 heterocycles. The molecule has 1 aromatic heterocycles. The summed E-state index contributed by atoms with van der Waals surface area (Å²) < 4.78 is 5.74. The second kappa shape index (κ2) is 7.11. The SMILES string of the molecule is Cc1csc(NC(=O)Cc2ccc(Oc3ccccc3)cc2)c1. The summed E-state index contributed by atoms with van der Waals surface area (Å²) >= 11 is 1.54. The Kier molecular flexibility index (Phi) is 4.74. The van der Waals surface area contributed by atoms with E-state index in [1.165, 1.54) is 0 Å². The first kappa shape index (κ1) is 15.3. The number of ether oxygens (including phenoxy) is 1. The van der Waals surface area contributed by atoms with Gasteiger partial charge in [-0.1, -0.05) is 30.3 Å². The van der Waals surface area contributed by atoms with E-state index in [0.717, 1.165) is 27.6 Å². The maximum atomic E-state index is 12.0. The van der Waals surface area contributed by atoms with Gasteiger partial charge >= 0.3 is 0 Å². The minimum atomic E-state index is -0.0106. The summed E-state index contributed by atoms with van der Waals surface area (Å²) in [6.45, 7) is 2.01. The van der Waals surface area contributed by atoms with Gasteiger partial charge in [0.25, 0.3) is 0 Å². The molecular weight excluding hydrogens is 306 g/mol. The number of para-hydroxylation sites is 1. The van der Waals surface area contributed by atoms with Gasteiger partial charge in [0.1, 0.15) is 11.5 Å². The predicted octanol–water partition coefficient (Wildman–Crippen LogP) is 5.03. The Labute approximate surface area is 139 Å². The molecule has 23 heavy (non-hydrogen) atoms. The third kappa shape index (κ3) is 4.44. The molecule has 0 unspecified atom stereocenters. The van der Waals surface area contributed by atoms with Crippen LogP contribution in [-0.4, -0.2) is 5.91 Å². The van der Waals surface area contributed by atoms with Crippen molar-refractivity contribution in [1.29, 1.82) is 0 Å². The minimum absolute atomic E-state index is 0.0106. The van der Waals surface area contributed by atoms with Crippen molar-refractivity contribution in [3.63, 3.8) is 0 Å². The van der Waals surface area contributed by atoms with Crippen LogP contribution in [0, 0.1) is 6.92 Å². The first-order valence-electron chi connectivity index (χ1n) is 7.36. The number of hydrogen-bond acceptors (Lipinski definition) is 3. The average molecular weight is 323 g/mol. The zero-order chi connectivity index (χ0) is 16.1. The Balaban J connectivity index is 1.57. The smallest absolute Gasteiger partial charge is 0.229 e. The third-order valence-corrected chi connectivity index (χ3v) is 4.22. The van der Waals surface area contributed by atoms with E-state index >= 15 is 0 Å². The van der Waals surface area contributed by atoms with E-state index in [1.54, 1.807) is 11.3 Å². The maximum Gasteiger partial charge on any atom is 0.229 e. The lowest BCUT2D eigenvalue weighted by Crippen LogP contribution is -2.13.